The first kappa shape index (κ1) is 23.8. The van der Waals surface area contributed by atoms with Crippen molar-refractivity contribution in [1.82, 2.24) is 15.1 Å². The molecule has 0 aliphatic carbocycles. The summed E-state index contributed by atoms with van der Waals surface area (Å²) in [7, 11) is 3.98. The average molecular weight is 420 g/mol. The van der Waals surface area contributed by atoms with E-state index in [1.807, 2.05) is 64.9 Å². The molecule has 1 aliphatic heterocycles. The van der Waals surface area contributed by atoms with Gasteiger partial charge in [0.2, 0.25) is 0 Å². The molecule has 1 aromatic rings. The van der Waals surface area contributed by atoms with Gasteiger partial charge in [0.05, 0.1) is 0 Å². The largest absolute Gasteiger partial charge is 0.444 e. The van der Waals surface area contributed by atoms with Crippen LogP contribution in [0.3, 0.4) is 0 Å². The van der Waals surface area contributed by atoms with Gasteiger partial charge in [-0.15, -0.1) is 0 Å². The van der Waals surface area contributed by atoms with E-state index in [2.05, 4.69) is 15.5 Å². The summed E-state index contributed by atoms with van der Waals surface area (Å²) in [5.74, 6) is 0. The molecule has 0 aromatic heterocycles. The number of nitrogens with zero attached hydrogens (tertiary/aromatic N) is 3. The van der Waals surface area contributed by atoms with E-state index >= 15 is 0 Å². The molecule has 0 spiro atoms. The van der Waals surface area contributed by atoms with Crippen LogP contribution in [-0.4, -0.2) is 80.9 Å². The number of benzene rings is 1. The van der Waals surface area contributed by atoms with Gasteiger partial charge in [-0.2, -0.15) is 0 Å². The van der Waals surface area contributed by atoms with Crippen molar-refractivity contribution in [3.05, 3.63) is 23.8 Å². The smallest absolute Gasteiger partial charge is 0.410 e. The van der Waals surface area contributed by atoms with Crippen molar-refractivity contribution in [1.29, 1.82) is 0 Å². The van der Waals surface area contributed by atoms with Gasteiger partial charge >= 0.3 is 12.1 Å². The second-order valence-electron chi connectivity index (χ2n) is 8.94. The number of carbonyl (C=O) groups is 2. The number of rotatable bonds is 6. The Morgan fingerprint density at radius 1 is 1.13 bits per heavy atom. The van der Waals surface area contributed by atoms with Crippen LogP contribution in [0.5, 0.6) is 0 Å². The maximum atomic E-state index is 12.2. The van der Waals surface area contributed by atoms with Crippen molar-refractivity contribution >= 4 is 23.5 Å². The van der Waals surface area contributed by atoms with Crippen LogP contribution in [0, 0.1) is 6.92 Å². The van der Waals surface area contributed by atoms with Gasteiger partial charge in [-0.1, -0.05) is 0 Å². The average Bonchev–Trinajstić information content (AvgIpc) is 2.66. The fraction of sp³-hybridized carbons (Fsp3) is 0.636. The van der Waals surface area contributed by atoms with Crippen molar-refractivity contribution in [2.75, 3.05) is 63.6 Å². The molecule has 8 nitrogen and oxygen atoms in total. The second-order valence-corrected chi connectivity index (χ2v) is 8.94. The minimum atomic E-state index is -0.465. The van der Waals surface area contributed by atoms with E-state index < -0.39 is 5.60 Å². The first-order chi connectivity index (χ1) is 14.0. The Kier molecular flexibility index (Phi) is 8.34. The van der Waals surface area contributed by atoms with Gasteiger partial charge in [-0.05, 0) is 64.4 Å². The standard InChI is InChI=1S/C22H37N5O3/c1-17-16-18(25(5)6)8-9-19(17)24-20(28)23-10-7-11-26-12-14-27(15-13-26)21(29)30-22(2,3)4/h8-9,16H,7,10-15H2,1-6H3,(H2,23,24,28). The highest BCUT2D eigenvalue weighted by Gasteiger charge is 2.25. The SMILES string of the molecule is Cc1cc(N(C)C)ccc1NC(=O)NCCCN1CCN(C(=O)OC(C)(C)C)CC1. The van der Waals surface area contributed by atoms with Crippen LogP contribution < -0.4 is 15.5 Å². The number of nitrogens with one attached hydrogen (secondary N) is 2. The molecule has 1 fully saturated rings. The van der Waals surface area contributed by atoms with Crippen LogP contribution in [-0.2, 0) is 4.74 Å². The quantitative estimate of drug-likeness (QED) is 0.693. The van der Waals surface area contributed by atoms with E-state index in [1.54, 1.807) is 4.90 Å². The second kappa shape index (κ2) is 10.5. The van der Waals surface area contributed by atoms with Crippen LogP contribution in [0.2, 0.25) is 0 Å². The fourth-order valence-electron chi connectivity index (χ4n) is 3.22. The summed E-state index contributed by atoms with van der Waals surface area (Å²) in [5.41, 5.74) is 2.48. The van der Waals surface area contributed by atoms with Crippen LogP contribution in [0.25, 0.3) is 0 Å². The van der Waals surface area contributed by atoms with Crippen LogP contribution in [0.1, 0.15) is 32.8 Å². The predicted octanol–water partition coefficient (Wildman–Crippen LogP) is 3.13. The third kappa shape index (κ3) is 7.74. The van der Waals surface area contributed by atoms with Crippen molar-refractivity contribution in [3.8, 4) is 0 Å². The minimum absolute atomic E-state index is 0.189. The number of amides is 3. The summed E-state index contributed by atoms with van der Waals surface area (Å²) in [6, 6.07) is 5.77. The zero-order chi connectivity index (χ0) is 22.3. The van der Waals surface area contributed by atoms with Crippen LogP contribution in [0.4, 0.5) is 21.0 Å². The number of urea groups is 1. The van der Waals surface area contributed by atoms with E-state index in [0.717, 1.165) is 43.0 Å². The summed E-state index contributed by atoms with van der Waals surface area (Å²) in [4.78, 5) is 30.4. The first-order valence-corrected chi connectivity index (χ1v) is 10.6. The highest BCUT2D eigenvalue weighted by Crippen LogP contribution is 2.21. The zero-order valence-electron chi connectivity index (χ0n) is 19.2. The lowest BCUT2D eigenvalue weighted by molar-refractivity contribution is 0.0144. The van der Waals surface area contributed by atoms with Crippen molar-refractivity contribution < 1.29 is 14.3 Å². The summed E-state index contributed by atoms with van der Waals surface area (Å²) < 4.78 is 5.42. The molecule has 0 atom stereocenters. The number of piperazine rings is 1. The normalized spacial score (nSPS) is 14.9. The van der Waals surface area contributed by atoms with E-state index in [1.165, 1.54) is 0 Å². The Morgan fingerprint density at radius 3 is 2.37 bits per heavy atom. The molecule has 3 amide bonds. The molecule has 2 rings (SSSR count). The molecule has 1 heterocycles. The summed E-state index contributed by atoms with van der Waals surface area (Å²) in [5, 5.41) is 5.83. The van der Waals surface area contributed by atoms with Gasteiger partial charge in [0.25, 0.3) is 0 Å². The number of ether oxygens (including phenoxy) is 1. The molecule has 8 heteroatoms. The Hall–Kier alpha value is -2.48. The Morgan fingerprint density at radius 2 is 1.80 bits per heavy atom. The molecule has 30 heavy (non-hydrogen) atoms. The Balaban J connectivity index is 1.64. The Bertz CT molecular complexity index is 722. The molecule has 0 radical (unpaired) electrons. The van der Waals surface area contributed by atoms with E-state index in [0.29, 0.717) is 19.6 Å². The molecule has 0 saturated carbocycles. The topological polar surface area (TPSA) is 77.2 Å². The molecule has 2 N–H and O–H groups in total. The third-order valence-corrected chi connectivity index (χ3v) is 4.94. The maximum absolute atomic E-state index is 12.2. The number of carbonyl (C=O) groups excluding carboxylic acids is 2. The monoisotopic (exact) mass is 419 g/mol. The molecule has 168 valence electrons. The number of anilines is 2. The Labute approximate surface area is 180 Å². The number of hydrogen-bond donors (Lipinski definition) is 2. The van der Waals surface area contributed by atoms with Gasteiger partial charge in [0.15, 0.2) is 0 Å². The van der Waals surface area contributed by atoms with Crippen LogP contribution >= 0.6 is 0 Å². The molecule has 1 aliphatic rings. The van der Waals surface area contributed by atoms with Crippen molar-refractivity contribution in [3.63, 3.8) is 0 Å². The summed E-state index contributed by atoms with van der Waals surface area (Å²) >= 11 is 0. The predicted molar refractivity (Wildman–Crippen MR) is 121 cm³/mol. The number of aryl methyl sites for hydroxylation is 1. The van der Waals surface area contributed by atoms with E-state index in [9.17, 15) is 9.59 Å². The zero-order valence-corrected chi connectivity index (χ0v) is 19.2. The molecule has 0 bridgehead atoms. The highest BCUT2D eigenvalue weighted by atomic mass is 16.6. The van der Waals surface area contributed by atoms with E-state index in [-0.39, 0.29) is 12.1 Å². The molecular formula is C22H37N5O3. The molecular weight excluding hydrogens is 382 g/mol. The summed E-state index contributed by atoms with van der Waals surface area (Å²) in [6.07, 6.45) is 0.618. The lowest BCUT2D eigenvalue weighted by atomic mass is 10.1. The summed E-state index contributed by atoms with van der Waals surface area (Å²) in [6.45, 7) is 12.1. The third-order valence-electron chi connectivity index (χ3n) is 4.94. The van der Waals surface area contributed by atoms with Crippen molar-refractivity contribution in [2.24, 2.45) is 0 Å². The van der Waals surface area contributed by atoms with Gasteiger partial charge in [0, 0.05) is 58.2 Å². The molecule has 0 unspecified atom stereocenters. The van der Waals surface area contributed by atoms with Gasteiger partial charge in [0.1, 0.15) is 5.60 Å². The molecule has 1 aromatic carbocycles. The molecule has 1 saturated heterocycles. The highest BCUT2D eigenvalue weighted by molar-refractivity contribution is 5.90. The van der Waals surface area contributed by atoms with Gasteiger partial charge in [-0.3, -0.25) is 4.90 Å². The minimum Gasteiger partial charge on any atom is -0.444 e. The number of hydrogen-bond acceptors (Lipinski definition) is 5. The first-order valence-electron chi connectivity index (χ1n) is 10.6. The fourth-order valence-corrected chi connectivity index (χ4v) is 3.22. The van der Waals surface area contributed by atoms with E-state index in [4.69, 9.17) is 4.74 Å². The lowest BCUT2D eigenvalue weighted by Crippen LogP contribution is -2.50. The lowest BCUT2D eigenvalue weighted by Gasteiger charge is -2.35. The van der Waals surface area contributed by atoms with Gasteiger partial charge in [-0.25, -0.2) is 9.59 Å². The van der Waals surface area contributed by atoms with Crippen molar-refractivity contribution in [2.45, 2.75) is 39.7 Å². The maximum Gasteiger partial charge on any atom is 0.410 e. The van der Waals surface area contributed by atoms with Gasteiger partial charge < -0.3 is 25.2 Å². The van der Waals surface area contributed by atoms with Crippen LogP contribution in [0.15, 0.2) is 18.2 Å².